The van der Waals surface area contributed by atoms with Crippen molar-refractivity contribution in [3.63, 3.8) is 0 Å². The van der Waals surface area contributed by atoms with E-state index in [1.165, 1.54) is 0 Å². The van der Waals surface area contributed by atoms with E-state index in [0.29, 0.717) is 35.2 Å². The average Bonchev–Trinajstić information content (AvgIpc) is 3.26. The van der Waals surface area contributed by atoms with Gasteiger partial charge in [0.2, 0.25) is 0 Å². The number of likely N-dealkylation sites (tertiary alicyclic amines) is 1. The number of nitrogens with zero attached hydrogens (tertiary/aromatic N) is 3. The summed E-state index contributed by atoms with van der Waals surface area (Å²) in [6.45, 7) is 1.82. The number of fused-ring (bicyclic) bond motifs is 1. The van der Waals surface area contributed by atoms with Crippen molar-refractivity contribution < 1.29 is 14.3 Å². The van der Waals surface area contributed by atoms with Crippen LogP contribution >= 0.6 is 23.2 Å². The molecule has 2 aromatic carbocycles. The number of carbonyl (C=O) groups excluding carboxylic acids is 1. The first-order valence-corrected chi connectivity index (χ1v) is 12.6. The van der Waals surface area contributed by atoms with Crippen LogP contribution in [0.4, 0.5) is 0 Å². The zero-order valence-electron chi connectivity index (χ0n) is 20.2. The highest BCUT2D eigenvalue weighted by molar-refractivity contribution is 6.31. The van der Waals surface area contributed by atoms with Crippen LogP contribution in [0.2, 0.25) is 10.0 Å². The largest absolute Gasteiger partial charge is 0.496 e. The number of ether oxygens (including phenoxy) is 2. The van der Waals surface area contributed by atoms with E-state index in [1.807, 2.05) is 64.2 Å². The van der Waals surface area contributed by atoms with Gasteiger partial charge in [-0.25, -0.2) is 0 Å². The molecule has 36 heavy (non-hydrogen) atoms. The van der Waals surface area contributed by atoms with Crippen molar-refractivity contribution in [2.75, 3.05) is 27.3 Å². The number of pyridine rings is 1. The monoisotopic (exact) mass is 523 g/mol. The molecule has 0 aliphatic carbocycles. The second-order valence-corrected chi connectivity index (χ2v) is 9.82. The fourth-order valence-corrected chi connectivity index (χ4v) is 5.34. The quantitative estimate of drug-likeness (QED) is 0.292. The Labute approximate surface area is 220 Å². The normalized spacial score (nSPS) is 14.3. The maximum atomic E-state index is 13.7. The molecule has 1 aliphatic heterocycles. The first kappa shape index (κ1) is 24.5. The van der Waals surface area contributed by atoms with Gasteiger partial charge in [0.05, 0.1) is 42.6 Å². The zero-order valence-corrected chi connectivity index (χ0v) is 21.7. The summed E-state index contributed by atoms with van der Waals surface area (Å²) in [6, 6.07) is 15.2. The molecule has 1 amide bonds. The van der Waals surface area contributed by atoms with E-state index < -0.39 is 0 Å². The number of aromatic nitrogens is 2. The number of methoxy groups -OCH3 is 2. The fourth-order valence-electron chi connectivity index (χ4n) is 5.06. The van der Waals surface area contributed by atoms with E-state index in [4.69, 9.17) is 32.7 Å². The van der Waals surface area contributed by atoms with E-state index in [-0.39, 0.29) is 11.8 Å². The Balaban J connectivity index is 1.39. The Morgan fingerprint density at radius 3 is 2.33 bits per heavy atom. The van der Waals surface area contributed by atoms with Crippen LogP contribution in [0.1, 0.15) is 40.4 Å². The van der Waals surface area contributed by atoms with Crippen molar-refractivity contribution in [3.8, 4) is 11.5 Å². The van der Waals surface area contributed by atoms with E-state index in [9.17, 15) is 4.79 Å². The lowest BCUT2D eigenvalue weighted by atomic mass is 9.88. The van der Waals surface area contributed by atoms with E-state index in [0.717, 1.165) is 46.5 Å². The Bertz CT molecular complexity index is 1370. The zero-order chi connectivity index (χ0) is 25.2. The number of amides is 1. The van der Waals surface area contributed by atoms with Gasteiger partial charge in [-0.05, 0) is 55.2 Å². The number of rotatable bonds is 6. The molecule has 1 saturated heterocycles. The lowest BCUT2D eigenvalue weighted by Gasteiger charge is -2.33. The minimum atomic E-state index is 0.0237. The molecule has 0 saturated carbocycles. The third kappa shape index (κ3) is 4.75. The van der Waals surface area contributed by atoms with Gasteiger partial charge in [-0.3, -0.25) is 9.78 Å². The van der Waals surface area contributed by atoms with Crippen molar-refractivity contribution in [2.24, 2.45) is 0 Å². The first-order chi connectivity index (χ1) is 17.5. The molecule has 1 fully saturated rings. The topological polar surface area (TPSA) is 56.6 Å². The summed E-state index contributed by atoms with van der Waals surface area (Å²) in [4.78, 5) is 20.0. The number of hydrogen-bond acceptors (Lipinski definition) is 4. The standard InChI is InChI=1S/C28H27Cl2N3O3/c1-35-25-4-3-5-26(36-2)27(25)18-10-12-32(13-11-18)28(34)23-17-33(16-21-8-6-20(30)15-31-21)24-14-19(29)7-9-22(23)24/h3-9,14-15,17-18H,10-13,16H2,1-2H3. The average molecular weight is 524 g/mol. The molecule has 0 radical (unpaired) electrons. The molecular formula is C28H27Cl2N3O3. The Morgan fingerprint density at radius 1 is 1.00 bits per heavy atom. The van der Waals surface area contributed by atoms with Crippen LogP contribution in [0.15, 0.2) is 60.9 Å². The van der Waals surface area contributed by atoms with Crippen LogP contribution in [0.5, 0.6) is 11.5 Å². The smallest absolute Gasteiger partial charge is 0.256 e. The van der Waals surface area contributed by atoms with Crippen molar-refractivity contribution in [1.29, 1.82) is 0 Å². The highest BCUT2D eigenvalue weighted by Gasteiger charge is 2.29. The molecule has 0 spiro atoms. The van der Waals surface area contributed by atoms with E-state index in [1.54, 1.807) is 20.4 Å². The summed E-state index contributed by atoms with van der Waals surface area (Å²) in [5.41, 5.74) is 3.50. The summed E-state index contributed by atoms with van der Waals surface area (Å²) >= 11 is 12.3. The van der Waals surface area contributed by atoms with Crippen LogP contribution in [0.3, 0.4) is 0 Å². The number of hydrogen-bond donors (Lipinski definition) is 0. The van der Waals surface area contributed by atoms with E-state index in [2.05, 4.69) is 4.98 Å². The molecular weight excluding hydrogens is 497 g/mol. The van der Waals surface area contributed by atoms with Crippen molar-refractivity contribution >= 4 is 40.0 Å². The van der Waals surface area contributed by atoms with Crippen molar-refractivity contribution in [2.45, 2.75) is 25.3 Å². The second-order valence-electron chi connectivity index (χ2n) is 8.94. The van der Waals surface area contributed by atoms with Crippen LogP contribution in [0.25, 0.3) is 10.9 Å². The maximum absolute atomic E-state index is 13.7. The minimum Gasteiger partial charge on any atom is -0.496 e. The summed E-state index contributed by atoms with van der Waals surface area (Å²) in [7, 11) is 3.36. The van der Waals surface area contributed by atoms with Crippen LogP contribution in [-0.4, -0.2) is 47.7 Å². The van der Waals surface area contributed by atoms with Crippen LogP contribution in [0, 0.1) is 0 Å². The molecule has 0 atom stereocenters. The fraction of sp³-hybridized carbons (Fsp3) is 0.286. The van der Waals surface area contributed by atoms with Gasteiger partial charge in [-0.15, -0.1) is 0 Å². The molecule has 0 unspecified atom stereocenters. The maximum Gasteiger partial charge on any atom is 0.256 e. The van der Waals surface area contributed by atoms with Gasteiger partial charge in [-0.1, -0.05) is 35.3 Å². The Kier molecular flexibility index (Phi) is 7.08. The lowest BCUT2D eigenvalue weighted by molar-refractivity contribution is 0.0714. The van der Waals surface area contributed by atoms with Gasteiger partial charge < -0.3 is 18.9 Å². The molecule has 3 heterocycles. The third-order valence-electron chi connectivity index (χ3n) is 6.85. The van der Waals surface area contributed by atoms with Gasteiger partial charge in [0.15, 0.2) is 0 Å². The predicted octanol–water partition coefficient (Wildman–Crippen LogP) is 6.43. The first-order valence-electron chi connectivity index (χ1n) is 11.9. The summed E-state index contributed by atoms with van der Waals surface area (Å²) < 4.78 is 13.3. The molecule has 1 aliphatic rings. The SMILES string of the molecule is COc1cccc(OC)c1C1CCN(C(=O)c2cn(Cc3ccc(Cl)cn3)c3cc(Cl)ccc23)CC1. The number of benzene rings is 2. The second kappa shape index (κ2) is 10.4. The molecule has 2 aromatic heterocycles. The summed E-state index contributed by atoms with van der Waals surface area (Å²) in [5, 5.41) is 2.09. The van der Waals surface area contributed by atoms with Crippen molar-refractivity contribution in [1.82, 2.24) is 14.5 Å². The number of piperidine rings is 1. The lowest BCUT2D eigenvalue weighted by Crippen LogP contribution is -2.38. The van der Waals surface area contributed by atoms with Gasteiger partial charge in [0.1, 0.15) is 11.5 Å². The molecule has 0 bridgehead atoms. The van der Waals surface area contributed by atoms with Crippen LogP contribution < -0.4 is 9.47 Å². The van der Waals surface area contributed by atoms with E-state index >= 15 is 0 Å². The predicted molar refractivity (Wildman–Crippen MR) is 143 cm³/mol. The Hall–Kier alpha value is -3.22. The van der Waals surface area contributed by atoms with Gasteiger partial charge in [0, 0.05) is 41.5 Å². The molecule has 6 nitrogen and oxygen atoms in total. The van der Waals surface area contributed by atoms with Crippen molar-refractivity contribution in [3.05, 3.63) is 87.8 Å². The van der Waals surface area contributed by atoms with Gasteiger partial charge >= 0.3 is 0 Å². The third-order valence-corrected chi connectivity index (χ3v) is 7.31. The molecule has 5 rings (SSSR count). The number of carbonyl (C=O) groups is 1. The Morgan fingerprint density at radius 2 is 1.69 bits per heavy atom. The summed E-state index contributed by atoms with van der Waals surface area (Å²) in [6.07, 6.45) is 5.21. The molecule has 0 N–H and O–H groups in total. The molecule has 8 heteroatoms. The molecule has 4 aromatic rings. The van der Waals surface area contributed by atoms with Crippen LogP contribution in [-0.2, 0) is 6.54 Å². The molecule has 186 valence electrons. The summed E-state index contributed by atoms with van der Waals surface area (Å²) in [5.74, 6) is 1.94. The highest BCUT2D eigenvalue weighted by atomic mass is 35.5. The van der Waals surface area contributed by atoms with Gasteiger partial charge in [0.25, 0.3) is 5.91 Å². The number of halogens is 2. The minimum absolute atomic E-state index is 0.0237. The van der Waals surface area contributed by atoms with Gasteiger partial charge in [-0.2, -0.15) is 0 Å². The highest BCUT2D eigenvalue weighted by Crippen LogP contribution is 2.40.